The zero-order valence-electron chi connectivity index (χ0n) is 14.9. The van der Waals surface area contributed by atoms with Gasteiger partial charge in [0.05, 0.1) is 18.6 Å². The second-order valence-corrected chi connectivity index (χ2v) is 8.29. The maximum Gasteiger partial charge on any atom is 0.367 e. The van der Waals surface area contributed by atoms with Crippen LogP contribution in [0.15, 0.2) is 30.3 Å². The van der Waals surface area contributed by atoms with Crippen molar-refractivity contribution in [1.82, 2.24) is 0 Å². The van der Waals surface area contributed by atoms with Gasteiger partial charge in [-0.15, -0.1) is 0 Å². The monoisotopic (exact) mass is 358 g/mol. The first-order chi connectivity index (χ1) is 11.1. The normalized spacial score (nSPS) is 14.8. The van der Waals surface area contributed by atoms with E-state index in [9.17, 15) is 14.5 Å². The minimum Gasteiger partial charge on any atom is -0.377 e. The summed E-state index contributed by atoms with van der Waals surface area (Å²) in [5.41, 5.74) is 0.305. The number of benzene rings is 1. The molecule has 24 heavy (non-hydrogen) atoms. The Labute approximate surface area is 143 Å². The van der Waals surface area contributed by atoms with Crippen molar-refractivity contribution in [2.24, 2.45) is 0 Å². The number of rotatable bonds is 10. The summed E-state index contributed by atoms with van der Waals surface area (Å²) in [6.07, 6.45) is -1.34. The number of ketones is 1. The molecule has 0 aliphatic carbocycles. The highest BCUT2D eigenvalue weighted by molar-refractivity contribution is 7.55. The Morgan fingerprint density at radius 3 is 2.04 bits per heavy atom. The van der Waals surface area contributed by atoms with Gasteiger partial charge in [-0.25, -0.2) is 0 Å². The fourth-order valence-electron chi connectivity index (χ4n) is 2.30. The largest absolute Gasteiger partial charge is 0.377 e. The molecule has 1 rings (SSSR count). The zero-order chi connectivity index (χ0) is 18.4. The van der Waals surface area contributed by atoms with Gasteiger partial charge in [-0.05, 0) is 33.3 Å². The van der Waals surface area contributed by atoms with Crippen LogP contribution in [0.3, 0.4) is 0 Å². The molecule has 0 spiro atoms. The van der Waals surface area contributed by atoms with Crippen molar-refractivity contribution in [2.45, 2.75) is 51.7 Å². The standard InChI is InChI=1S/C17H27O6P/c1-13(2)22-24(20,23-14(3)4)17(19,11-16(18)12-21-5)15-9-7-6-8-10-15/h6-10,13-14,19H,11-12H2,1-5H3. The van der Waals surface area contributed by atoms with Crippen LogP contribution in [0.25, 0.3) is 0 Å². The highest BCUT2D eigenvalue weighted by atomic mass is 31.2. The van der Waals surface area contributed by atoms with E-state index in [1.807, 2.05) is 0 Å². The second kappa shape index (κ2) is 8.88. The molecule has 136 valence electrons. The van der Waals surface area contributed by atoms with Gasteiger partial charge in [-0.3, -0.25) is 9.36 Å². The van der Waals surface area contributed by atoms with Crippen LogP contribution >= 0.6 is 7.60 Å². The Morgan fingerprint density at radius 2 is 1.62 bits per heavy atom. The fourth-order valence-corrected chi connectivity index (χ4v) is 4.65. The van der Waals surface area contributed by atoms with Crippen molar-refractivity contribution < 1.29 is 28.3 Å². The summed E-state index contributed by atoms with van der Waals surface area (Å²) in [7, 11) is -2.69. The van der Waals surface area contributed by atoms with Gasteiger partial charge < -0.3 is 18.9 Å². The molecular weight excluding hydrogens is 331 g/mol. The molecule has 0 saturated carbocycles. The highest BCUT2D eigenvalue weighted by Crippen LogP contribution is 2.66. The molecule has 0 fully saturated rings. The Kier molecular flexibility index (Phi) is 7.77. The van der Waals surface area contributed by atoms with Crippen molar-refractivity contribution in [3.8, 4) is 0 Å². The fraction of sp³-hybridized carbons (Fsp3) is 0.588. The lowest BCUT2D eigenvalue weighted by Gasteiger charge is -2.36. The molecule has 1 atom stereocenters. The van der Waals surface area contributed by atoms with E-state index in [4.69, 9.17) is 13.8 Å². The molecule has 0 aliphatic heterocycles. The third-order valence-corrected chi connectivity index (χ3v) is 5.86. The molecular formula is C17H27O6P. The summed E-state index contributed by atoms with van der Waals surface area (Å²) in [6, 6.07) is 8.34. The minimum atomic E-state index is -4.07. The summed E-state index contributed by atoms with van der Waals surface area (Å²) in [5, 5.41) is 9.22. The Balaban J connectivity index is 3.41. The summed E-state index contributed by atoms with van der Waals surface area (Å²) in [4.78, 5) is 12.1. The van der Waals surface area contributed by atoms with Crippen LogP contribution in [0.1, 0.15) is 39.7 Å². The van der Waals surface area contributed by atoms with Gasteiger partial charge in [0.15, 0.2) is 11.1 Å². The van der Waals surface area contributed by atoms with Gasteiger partial charge >= 0.3 is 7.60 Å². The molecule has 1 aromatic rings. The van der Waals surface area contributed by atoms with Crippen LogP contribution < -0.4 is 0 Å². The van der Waals surface area contributed by atoms with Gasteiger partial charge in [0, 0.05) is 7.11 Å². The lowest BCUT2D eigenvalue weighted by molar-refractivity contribution is -0.126. The van der Waals surface area contributed by atoms with Crippen LogP contribution in [0, 0.1) is 0 Å². The number of Topliss-reactive ketones (excluding diaryl/α,β-unsaturated/α-hetero) is 1. The first-order valence-electron chi connectivity index (χ1n) is 7.90. The van der Waals surface area contributed by atoms with Crippen molar-refractivity contribution in [1.29, 1.82) is 0 Å². The predicted molar refractivity (Wildman–Crippen MR) is 91.9 cm³/mol. The zero-order valence-corrected chi connectivity index (χ0v) is 15.8. The number of methoxy groups -OCH3 is 1. The third kappa shape index (κ3) is 5.23. The molecule has 0 bridgehead atoms. The van der Waals surface area contributed by atoms with E-state index >= 15 is 0 Å². The van der Waals surface area contributed by atoms with Gasteiger partial charge in [-0.2, -0.15) is 0 Å². The van der Waals surface area contributed by atoms with Crippen LogP contribution in [0.5, 0.6) is 0 Å². The van der Waals surface area contributed by atoms with Gasteiger partial charge in [0.25, 0.3) is 0 Å². The van der Waals surface area contributed by atoms with E-state index in [1.165, 1.54) is 7.11 Å². The molecule has 0 aliphatic rings. The maximum atomic E-state index is 13.5. The highest BCUT2D eigenvalue weighted by Gasteiger charge is 2.53. The van der Waals surface area contributed by atoms with Crippen LogP contribution in [0.2, 0.25) is 0 Å². The minimum absolute atomic E-state index is 0.196. The molecule has 7 heteroatoms. The molecule has 0 heterocycles. The van der Waals surface area contributed by atoms with Gasteiger partial charge in [0.1, 0.15) is 6.61 Å². The van der Waals surface area contributed by atoms with Gasteiger partial charge in [-0.1, -0.05) is 30.3 Å². The summed E-state index contributed by atoms with van der Waals surface area (Å²) < 4.78 is 29.4. The molecule has 0 radical (unpaired) electrons. The quantitative estimate of drug-likeness (QED) is 0.645. The van der Waals surface area contributed by atoms with E-state index in [0.29, 0.717) is 5.56 Å². The number of carbonyl (C=O) groups is 1. The van der Waals surface area contributed by atoms with E-state index in [-0.39, 0.29) is 6.61 Å². The average Bonchev–Trinajstić information content (AvgIpc) is 2.46. The van der Waals surface area contributed by atoms with Gasteiger partial charge in [0.2, 0.25) is 0 Å². The van der Waals surface area contributed by atoms with Crippen LogP contribution in [-0.2, 0) is 28.5 Å². The molecule has 1 N–H and O–H groups in total. The molecule has 1 unspecified atom stereocenters. The first-order valence-corrected chi connectivity index (χ1v) is 9.44. The molecule has 0 saturated heterocycles. The second-order valence-electron chi connectivity index (χ2n) is 6.14. The van der Waals surface area contributed by atoms with Crippen molar-refractivity contribution in [3.05, 3.63) is 35.9 Å². The Bertz CT molecular complexity index is 558. The number of ether oxygens (including phenoxy) is 1. The average molecular weight is 358 g/mol. The van der Waals surface area contributed by atoms with Crippen LogP contribution in [-0.4, -0.2) is 36.8 Å². The number of hydrogen-bond donors (Lipinski definition) is 1. The topological polar surface area (TPSA) is 82.1 Å². The number of carbonyl (C=O) groups excluding carboxylic acids is 1. The van der Waals surface area contributed by atoms with Crippen LogP contribution in [0.4, 0.5) is 0 Å². The molecule has 0 aromatic heterocycles. The summed E-state index contributed by atoms with van der Waals surface area (Å²) in [5.74, 6) is -0.399. The number of aliphatic hydroxyl groups is 1. The van der Waals surface area contributed by atoms with E-state index in [1.54, 1.807) is 58.0 Å². The smallest absolute Gasteiger partial charge is 0.367 e. The predicted octanol–water partition coefficient (Wildman–Crippen LogP) is 3.48. The lowest BCUT2D eigenvalue weighted by atomic mass is 10.0. The van der Waals surface area contributed by atoms with Crippen molar-refractivity contribution >= 4 is 13.4 Å². The van der Waals surface area contributed by atoms with E-state index < -0.39 is 37.3 Å². The van der Waals surface area contributed by atoms with Crippen molar-refractivity contribution in [3.63, 3.8) is 0 Å². The summed E-state index contributed by atoms with van der Waals surface area (Å²) >= 11 is 0. The Morgan fingerprint density at radius 1 is 1.12 bits per heavy atom. The van der Waals surface area contributed by atoms with E-state index in [0.717, 1.165) is 0 Å². The van der Waals surface area contributed by atoms with Crippen molar-refractivity contribution in [2.75, 3.05) is 13.7 Å². The first kappa shape index (κ1) is 21.0. The SMILES string of the molecule is COCC(=O)CC(O)(c1ccccc1)P(=O)(OC(C)C)OC(C)C. The molecule has 1 aromatic carbocycles. The maximum absolute atomic E-state index is 13.5. The molecule has 6 nitrogen and oxygen atoms in total. The third-order valence-electron chi connectivity index (χ3n) is 3.14. The van der Waals surface area contributed by atoms with E-state index in [2.05, 4.69) is 0 Å². The molecule has 0 amide bonds. The lowest BCUT2D eigenvalue weighted by Crippen LogP contribution is -2.34. The summed E-state index contributed by atoms with van der Waals surface area (Å²) in [6.45, 7) is 6.58. The Hall–Kier alpha value is -1.04. The number of hydrogen-bond acceptors (Lipinski definition) is 6.